The van der Waals surface area contributed by atoms with Crippen LogP contribution in [0.25, 0.3) is 0 Å². The first-order valence-electron chi connectivity index (χ1n) is 8.81. The molecule has 7 heteroatoms. The van der Waals surface area contributed by atoms with Crippen LogP contribution in [0.1, 0.15) is 42.5 Å². The van der Waals surface area contributed by atoms with Gasteiger partial charge in [0.05, 0.1) is 5.69 Å². The minimum absolute atomic E-state index is 0.00721. The van der Waals surface area contributed by atoms with Crippen LogP contribution in [0.2, 0.25) is 0 Å². The largest absolute Gasteiger partial charge is 0.339 e. The van der Waals surface area contributed by atoms with E-state index in [1.54, 1.807) is 41.8 Å². The molecule has 140 valence electrons. The lowest BCUT2D eigenvalue weighted by atomic mass is 9.94. The molecule has 1 amide bonds. The van der Waals surface area contributed by atoms with Crippen LogP contribution in [0.3, 0.4) is 0 Å². The number of hydrogen-bond donors (Lipinski definition) is 0. The molecule has 1 saturated carbocycles. The molecule has 26 heavy (non-hydrogen) atoms. The van der Waals surface area contributed by atoms with Gasteiger partial charge in [0, 0.05) is 25.7 Å². The second-order valence-electron chi connectivity index (χ2n) is 6.66. The van der Waals surface area contributed by atoms with Gasteiger partial charge in [-0.05, 0) is 48.6 Å². The highest BCUT2D eigenvalue weighted by Gasteiger charge is 2.24. The third-order valence-corrected chi connectivity index (χ3v) is 8.19. The van der Waals surface area contributed by atoms with Crippen molar-refractivity contribution in [3.8, 4) is 0 Å². The zero-order chi connectivity index (χ0) is 18.7. The molecule has 0 bridgehead atoms. The molecular formula is C19H24N2O3S2. The molecule has 0 spiro atoms. The van der Waals surface area contributed by atoms with E-state index < -0.39 is 10.0 Å². The molecule has 3 rings (SSSR count). The van der Waals surface area contributed by atoms with E-state index in [4.69, 9.17) is 0 Å². The third-order valence-electron chi connectivity index (χ3n) is 5.03. The molecule has 1 aromatic carbocycles. The summed E-state index contributed by atoms with van der Waals surface area (Å²) in [6.45, 7) is 0. The predicted molar refractivity (Wildman–Crippen MR) is 105 cm³/mol. The first kappa shape index (κ1) is 18.9. The molecule has 0 unspecified atom stereocenters. The first-order valence-corrected chi connectivity index (χ1v) is 11.1. The first-order chi connectivity index (χ1) is 12.4. The molecule has 2 aromatic rings. The van der Waals surface area contributed by atoms with Gasteiger partial charge >= 0.3 is 0 Å². The minimum atomic E-state index is -3.56. The standard InChI is InChI=1S/C19H24N2O3S2/c1-20(16-7-4-3-5-8-16)19(22)15-10-12-17(13-11-15)21(2)26(23,24)18-9-6-14-25-18/h6,9-14,16H,3-5,7-8H2,1-2H3. The Labute approximate surface area is 159 Å². The van der Waals surface area contributed by atoms with Crippen molar-refractivity contribution < 1.29 is 13.2 Å². The van der Waals surface area contributed by atoms with E-state index in [0.717, 1.165) is 12.8 Å². The zero-order valence-electron chi connectivity index (χ0n) is 15.1. The highest BCUT2D eigenvalue weighted by atomic mass is 32.2. The lowest BCUT2D eigenvalue weighted by Gasteiger charge is -2.31. The van der Waals surface area contributed by atoms with E-state index >= 15 is 0 Å². The lowest BCUT2D eigenvalue weighted by molar-refractivity contribution is 0.0696. The van der Waals surface area contributed by atoms with Gasteiger partial charge in [0.25, 0.3) is 15.9 Å². The topological polar surface area (TPSA) is 57.7 Å². The van der Waals surface area contributed by atoms with Gasteiger partial charge < -0.3 is 4.90 Å². The van der Waals surface area contributed by atoms with Crippen molar-refractivity contribution in [2.75, 3.05) is 18.4 Å². The average molecular weight is 393 g/mol. The van der Waals surface area contributed by atoms with Crippen LogP contribution < -0.4 is 4.31 Å². The number of hydrogen-bond acceptors (Lipinski definition) is 4. The molecule has 0 saturated heterocycles. The van der Waals surface area contributed by atoms with Crippen LogP contribution in [0, 0.1) is 0 Å². The summed E-state index contributed by atoms with van der Waals surface area (Å²) < 4.78 is 26.7. The summed E-state index contributed by atoms with van der Waals surface area (Å²) in [5.41, 5.74) is 1.12. The van der Waals surface area contributed by atoms with Crippen molar-refractivity contribution in [3.05, 3.63) is 47.3 Å². The fraction of sp³-hybridized carbons (Fsp3) is 0.421. The lowest BCUT2D eigenvalue weighted by Crippen LogP contribution is -2.38. The Morgan fingerprint density at radius 3 is 2.27 bits per heavy atom. The molecule has 0 N–H and O–H groups in total. The number of benzene rings is 1. The highest BCUT2D eigenvalue weighted by Crippen LogP contribution is 2.26. The second-order valence-corrected chi connectivity index (χ2v) is 9.80. The summed E-state index contributed by atoms with van der Waals surface area (Å²) in [6, 6.07) is 10.4. The fourth-order valence-corrected chi connectivity index (χ4v) is 5.69. The number of thiophene rings is 1. The monoisotopic (exact) mass is 392 g/mol. The predicted octanol–water partition coefficient (Wildman–Crippen LogP) is 3.98. The summed E-state index contributed by atoms with van der Waals surface area (Å²) in [6.07, 6.45) is 5.71. The second kappa shape index (κ2) is 7.80. The summed E-state index contributed by atoms with van der Waals surface area (Å²) in [5.74, 6) is -0.00721. The van der Waals surface area contributed by atoms with Crippen LogP contribution in [0.4, 0.5) is 5.69 Å². The number of anilines is 1. The molecular weight excluding hydrogens is 368 g/mol. The SMILES string of the molecule is CN(C(=O)c1ccc(N(C)S(=O)(=O)c2cccs2)cc1)C1CCCCC1. The van der Waals surface area contributed by atoms with Crippen LogP contribution in [0.15, 0.2) is 46.0 Å². The normalized spacial score (nSPS) is 15.6. The molecule has 1 aromatic heterocycles. The summed E-state index contributed by atoms with van der Waals surface area (Å²) in [7, 11) is -0.170. The van der Waals surface area contributed by atoms with Gasteiger partial charge in [-0.3, -0.25) is 9.10 Å². The summed E-state index contributed by atoms with van der Waals surface area (Å²) >= 11 is 1.19. The summed E-state index contributed by atoms with van der Waals surface area (Å²) in [4.78, 5) is 14.5. The summed E-state index contributed by atoms with van der Waals surface area (Å²) in [5, 5.41) is 1.74. The van der Waals surface area contributed by atoms with Gasteiger partial charge in [-0.2, -0.15) is 0 Å². The Morgan fingerprint density at radius 1 is 1.04 bits per heavy atom. The molecule has 1 aliphatic rings. The molecule has 0 aliphatic heterocycles. The van der Waals surface area contributed by atoms with Crippen molar-refractivity contribution in [1.29, 1.82) is 0 Å². The van der Waals surface area contributed by atoms with Crippen molar-refractivity contribution in [2.45, 2.75) is 42.4 Å². The van der Waals surface area contributed by atoms with E-state index in [2.05, 4.69) is 0 Å². The maximum Gasteiger partial charge on any atom is 0.273 e. The van der Waals surface area contributed by atoms with Gasteiger partial charge in [0.2, 0.25) is 0 Å². The smallest absolute Gasteiger partial charge is 0.273 e. The minimum Gasteiger partial charge on any atom is -0.339 e. The van der Waals surface area contributed by atoms with Gasteiger partial charge in [-0.15, -0.1) is 11.3 Å². The third kappa shape index (κ3) is 3.78. The van der Waals surface area contributed by atoms with E-state index in [0.29, 0.717) is 21.5 Å². The number of amides is 1. The Morgan fingerprint density at radius 2 is 1.69 bits per heavy atom. The number of sulfonamides is 1. The molecule has 0 radical (unpaired) electrons. The number of rotatable bonds is 5. The molecule has 1 fully saturated rings. The van der Waals surface area contributed by atoms with Gasteiger partial charge in [0.1, 0.15) is 4.21 Å². The molecule has 1 aliphatic carbocycles. The van der Waals surface area contributed by atoms with Gasteiger partial charge in [-0.1, -0.05) is 25.3 Å². The van der Waals surface area contributed by atoms with Gasteiger partial charge in [0.15, 0.2) is 0 Å². The van der Waals surface area contributed by atoms with Crippen molar-refractivity contribution in [1.82, 2.24) is 4.90 Å². The van der Waals surface area contributed by atoms with Crippen molar-refractivity contribution in [3.63, 3.8) is 0 Å². The van der Waals surface area contributed by atoms with E-state index in [9.17, 15) is 13.2 Å². The van der Waals surface area contributed by atoms with Crippen LogP contribution in [-0.4, -0.2) is 39.4 Å². The Bertz CT molecular complexity index is 839. The molecule has 0 atom stereocenters. The highest BCUT2D eigenvalue weighted by molar-refractivity contribution is 7.94. The maximum absolute atomic E-state index is 12.7. The molecule has 1 heterocycles. The van der Waals surface area contributed by atoms with Gasteiger partial charge in [-0.25, -0.2) is 8.42 Å². The maximum atomic E-state index is 12.7. The van der Waals surface area contributed by atoms with Crippen molar-refractivity contribution >= 4 is 33.0 Å². The van der Waals surface area contributed by atoms with Crippen LogP contribution in [-0.2, 0) is 10.0 Å². The number of carbonyl (C=O) groups is 1. The average Bonchev–Trinajstić information content (AvgIpc) is 3.23. The quantitative estimate of drug-likeness (QED) is 0.773. The Hall–Kier alpha value is -1.86. The Balaban J connectivity index is 1.74. The molecule has 5 nitrogen and oxygen atoms in total. The zero-order valence-corrected chi connectivity index (χ0v) is 16.7. The number of nitrogens with zero attached hydrogens (tertiary/aromatic N) is 2. The van der Waals surface area contributed by atoms with E-state index in [-0.39, 0.29) is 5.91 Å². The Kier molecular flexibility index (Phi) is 5.67. The van der Waals surface area contributed by atoms with Crippen LogP contribution in [0.5, 0.6) is 0 Å². The van der Waals surface area contributed by atoms with Crippen molar-refractivity contribution in [2.24, 2.45) is 0 Å². The van der Waals surface area contributed by atoms with E-state index in [1.807, 2.05) is 11.9 Å². The fourth-order valence-electron chi connectivity index (χ4n) is 3.34. The van der Waals surface area contributed by atoms with Crippen LogP contribution >= 0.6 is 11.3 Å². The van der Waals surface area contributed by atoms with E-state index in [1.165, 1.54) is 42.0 Å². The number of carbonyl (C=O) groups excluding carboxylic acids is 1.